The number of rotatable bonds is 6. The number of hydrogen-bond donors (Lipinski definition) is 3. The van der Waals surface area contributed by atoms with E-state index in [1.807, 2.05) is 30.3 Å². The van der Waals surface area contributed by atoms with Crippen LogP contribution in [0.1, 0.15) is 25.1 Å². The van der Waals surface area contributed by atoms with Crippen molar-refractivity contribution < 1.29 is 23.9 Å². The van der Waals surface area contributed by atoms with Gasteiger partial charge in [0, 0.05) is 25.7 Å². The second-order valence-electron chi connectivity index (χ2n) is 7.92. The first-order valence-corrected chi connectivity index (χ1v) is 10.4. The third kappa shape index (κ3) is 6.16. The van der Waals surface area contributed by atoms with Crippen molar-refractivity contribution in [1.82, 2.24) is 25.5 Å². The minimum absolute atomic E-state index is 0.0586. The van der Waals surface area contributed by atoms with Crippen LogP contribution in [0.15, 0.2) is 42.9 Å². The lowest BCUT2D eigenvalue weighted by Gasteiger charge is -2.24. The number of ether oxygens (including phenoxy) is 1. The van der Waals surface area contributed by atoms with Gasteiger partial charge in [0.1, 0.15) is 18.7 Å². The summed E-state index contributed by atoms with van der Waals surface area (Å²) in [5.74, 6) is -2.40. The summed E-state index contributed by atoms with van der Waals surface area (Å²) in [6, 6.07) is 7.09. The number of nitrogens with one attached hydrogen (secondary N) is 3. The van der Waals surface area contributed by atoms with Gasteiger partial charge in [-0.1, -0.05) is 44.2 Å². The minimum atomic E-state index is -1.10. The van der Waals surface area contributed by atoms with Gasteiger partial charge in [0.2, 0.25) is 11.7 Å². The molecule has 3 amide bonds. The van der Waals surface area contributed by atoms with Crippen LogP contribution in [0.5, 0.6) is 0 Å². The molecule has 10 heteroatoms. The smallest absolute Gasteiger partial charge is 0.408 e. The van der Waals surface area contributed by atoms with E-state index >= 15 is 0 Å². The summed E-state index contributed by atoms with van der Waals surface area (Å²) in [5, 5.41) is 7.70. The predicted octanol–water partition coefficient (Wildman–Crippen LogP) is 0.560. The fourth-order valence-corrected chi connectivity index (χ4v) is 3.28. The Morgan fingerprint density at radius 1 is 1.25 bits per heavy atom. The number of ketones is 1. The van der Waals surface area contributed by atoms with E-state index < -0.39 is 35.8 Å². The fraction of sp³-hybridized carbons (Fsp3) is 0.409. The van der Waals surface area contributed by atoms with Gasteiger partial charge in [0.25, 0.3) is 5.91 Å². The van der Waals surface area contributed by atoms with E-state index in [2.05, 4.69) is 20.9 Å². The van der Waals surface area contributed by atoms with Crippen molar-refractivity contribution in [2.24, 2.45) is 5.92 Å². The van der Waals surface area contributed by atoms with Crippen LogP contribution in [0.2, 0.25) is 0 Å². The summed E-state index contributed by atoms with van der Waals surface area (Å²) in [6.45, 7) is 4.33. The first kappa shape index (κ1) is 23.0. The van der Waals surface area contributed by atoms with Gasteiger partial charge in [-0.15, -0.1) is 0 Å². The van der Waals surface area contributed by atoms with Gasteiger partial charge in [0.05, 0.1) is 12.0 Å². The highest BCUT2D eigenvalue weighted by atomic mass is 16.5. The molecule has 0 saturated carbocycles. The molecule has 0 fully saturated rings. The lowest BCUT2D eigenvalue weighted by Crippen LogP contribution is -2.56. The van der Waals surface area contributed by atoms with E-state index in [1.165, 1.54) is 0 Å². The van der Waals surface area contributed by atoms with Crippen LogP contribution < -0.4 is 16.0 Å². The Kier molecular flexibility index (Phi) is 7.58. The molecule has 3 N–H and O–H groups in total. The van der Waals surface area contributed by atoms with Crippen molar-refractivity contribution in [1.29, 1.82) is 0 Å². The Balaban J connectivity index is 1.65. The summed E-state index contributed by atoms with van der Waals surface area (Å²) in [7, 11) is 0. The third-order valence-corrected chi connectivity index (χ3v) is 5.05. The monoisotopic (exact) mass is 441 g/mol. The van der Waals surface area contributed by atoms with E-state index in [9.17, 15) is 19.2 Å². The molecule has 0 radical (unpaired) electrons. The Morgan fingerprint density at radius 3 is 2.72 bits per heavy atom. The zero-order chi connectivity index (χ0) is 23.1. The van der Waals surface area contributed by atoms with Crippen LogP contribution in [0.25, 0.3) is 0 Å². The van der Waals surface area contributed by atoms with Crippen LogP contribution in [0, 0.1) is 5.92 Å². The number of aromatic nitrogens is 2. The van der Waals surface area contributed by atoms with Crippen LogP contribution in [-0.4, -0.2) is 51.9 Å². The molecule has 1 aliphatic rings. The largest absolute Gasteiger partial charge is 0.445 e. The first-order valence-electron chi connectivity index (χ1n) is 10.4. The lowest BCUT2D eigenvalue weighted by atomic mass is 10.0. The number of alkyl carbamates (subject to hydrolysis) is 1. The molecule has 3 rings (SSSR count). The van der Waals surface area contributed by atoms with Crippen LogP contribution in [0.4, 0.5) is 4.79 Å². The molecule has 0 aliphatic carbocycles. The molecule has 1 aromatic heterocycles. The van der Waals surface area contributed by atoms with Gasteiger partial charge in [-0.05, 0) is 11.5 Å². The molecular weight excluding hydrogens is 414 g/mol. The molecule has 0 spiro atoms. The summed E-state index contributed by atoms with van der Waals surface area (Å²) >= 11 is 0. The summed E-state index contributed by atoms with van der Waals surface area (Å²) in [4.78, 5) is 54.2. The zero-order valence-electron chi connectivity index (χ0n) is 18.0. The first-order chi connectivity index (χ1) is 15.3. The average Bonchev–Trinajstić information content (AvgIpc) is 3.21. The van der Waals surface area contributed by atoms with Crippen molar-refractivity contribution in [2.45, 2.75) is 45.5 Å². The molecule has 0 saturated heterocycles. The maximum absolute atomic E-state index is 12.9. The third-order valence-electron chi connectivity index (χ3n) is 5.05. The van der Waals surface area contributed by atoms with Gasteiger partial charge >= 0.3 is 6.09 Å². The molecular formula is C22H27N5O5. The number of benzene rings is 1. The van der Waals surface area contributed by atoms with Crippen molar-refractivity contribution >= 4 is 23.7 Å². The second kappa shape index (κ2) is 10.6. The average molecular weight is 441 g/mol. The summed E-state index contributed by atoms with van der Waals surface area (Å²) in [6.07, 6.45) is 2.69. The molecule has 2 atom stereocenters. The van der Waals surface area contributed by atoms with Crippen LogP contribution in [-0.2, 0) is 38.7 Å². The number of amides is 3. The van der Waals surface area contributed by atoms with Gasteiger partial charge in [0.15, 0.2) is 0 Å². The highest BCUT2D eigenvalue weighted by Gasteiger charge is 2.32. The molecule has 1 aliphatic heterocycles. The number of imidazole rings is 1. The van der Waals surface area contributed by atoms with Gasteiger partial charge in [-0.25, -0.2) is 9.78 Å². The maximum Gasteiger partial charge on any atom is 0.408 e. The number of fused-ring (bicyclic) bond motifs is 2. The highest BCUT2D eigenvalue weighted by Crippen LogP contribution is 2.08. The van der Waals surface area contributed by atoms with Gasteiger partial charge in [-0.2, -0.15) is 0 Å². The second-order valence-corrected chi connectivity index (χ2v) is 7.92. The van der Waals surface area contributed by atoms with Crippen molar-refractivity contribution in [3.05, 3.63) is 54.1 Å². The molecule has 10 nitrogen and oxygen atoms in total. The highest BCUT2D eigenvalue weighted by molar-refractivity contribution is 6.38. The van der Waals surface area contributed by atoms with Crippen molar-refractivity contribution in [2.75, 3.05) is 6.54 Å². The van der Waals surface area contributed by atoms with E-state index in [0.29, 0.717) is 12.2 Å². The molecule has 2 aromatic rings. The Bertz CT molecular complexity index is 972. The van der Waals surface area contributed by atoms with Crippen molar-refractivity contribution in [3.63, 3.8) is 0 Å². The number of hydrogen-bond acceptors (Lipinski definition) is 6. The standard InChI is InChI=1S/C22H27N5O5/c1-14(2)18(26-22(31)32-12-15-6-4-3-5-7-15)20(29)25-17-10-16-11-27(13-24-16)9-8-23-21(30)19(17)28/h3-7,11,13-14,17-18H,8-10,12H2,1-2H3,(H,23,30)(H,25,29)(H,26,31). The fourth-order valence-electron chi connectivity index (χ4n) is 3.28. The van der Waals surface area contributed by atoms with E-state index in [0.717, 1.165) is 5.56 Å². The SMILES string of the molecule is CC(C)C(NC(=O)OCc1ccccc1)C(=O)NC1Cc2cn(cn2)CCNC(=O)C1=O. The topological polar surface area (TPSA) is 131 Å². The number of carbonyl (C=O) groups excluding carboxylic acids is 4. The van der Waals surface area contributed by atoms with E-state index in [-0.39, 0.29) is 25.5 Å². The number of carbonyl (C=O) groups is 4. The Hall–Kier alpha value is -3.69. The Morgan fingerprint density at radius 2 is 2.00 bits per heavy atom. The molecule has 2 unspecified atom stereocenters. The molecule has 170 valence electrons. The molecule has 2 heterocycles. The number of nitrogens with zero attached hydrogens (tertiary/aromatic N) is 2. The van der Waals surface area contributed by atoms with Crippen LogP contribution in [0.3, 0.4) is 0 Å². The summed E-state index contributed by atoms with van der Waals surface area (Å²) in [5.41, 5.74) is 1.39. The molecule has 2 bridgehead atoms. The summed E-state index contributed by atoms with van der Waals surface area (Å²) < 4.78 is 7.00. The van der Waals surface area contributed by atoms with E-state index in [4.69, 9.17) is 4.74 Å². The van der Waals surface area contributed by atoms with Gasteiger partial charge < -0.3 is 25.3 Å². The predicted molar refractivity (Wildman–Crippen MR) is 114 cm³/mol. The molecule has 32 heavy (non-hydrogen) atoms. The molecule has 1 aromatic carbocycles. The number of Topliss-reactive ketones (excluding diaryl/α,β-unsaturated/α-hetero) is 1. The zero-order valence-corrected chi connectivity index (χ0v) is 18.0. The quantitative estimate of drug-likeness (QED) is 0.562. The maximum atomic E-state index is 12.9. The van der Waals surface area contributed by atoms with Crippen LogP contribution >= 0.6 is 0 Å². The Labute approximate surface area is 185 Å². The normalized spacial score (nSPS) is 17.3. The van der Waals surface area contributed by atoms with Crippen molar-refractivity contribution in [3.8, 4) is 0 Å². The lowest BCUT2D eigenvalue weighted by molar-refractivity contribution is -0.140. The van der Waals surface area contributed by atoms with E-state index in [1.54, 1.807) is 30.9 Å². The van der Waals surface area contributed by atoms with Gasteiger partial charge in [-0.3, -0.25) is 14.4 Å². The minimum Gasteiger partial charge on any atom is -0.445 e.